The third-order valence-electron chi connectivity index (χ3n) is 5.85. The Bertz CT molecular complexity index is 1430. The number of carbonyl (C=O) groups excluding carboxylic acids is 1. The first-order chi connectivity index (χ1) is 16.3. The molecule has 3 aromatic rings. The first-order valence-corrected chi connectivity index (χ1v) is 12.3. The zero-order chi connectivity index (χ0) is 24.4. The summed E-state index contributed by atoms with van der Waals surface area (Å²) in [6, 6.07) is 8.31. The van der Waals surface area contributed by atoms with E-state index < -0.39 is 11.6 Å². The highest BCUT2D eigenvalue weighted by atomic mass is 35.5. The third kappa shape index (κ3) is 4.85. The fourth-order valence-electron chi connectivity index (χ4n) is 4.01. The summed E-state index contributed by atoms with van der Waals surface area (Å²) in [5, 5.41) is 3.30. The molecule has 1 aliphatic rings. The van der Waals surface area contributed by atoms with E-state index in [4.69, 9.17) is 11.6 Å². The summed E-state index contributed by atoms with van der Waals surface area (Å²) in [7, 11) is 0. The van der Waals surface area contributed by atoms with Gasteiger partial charge in [0.2, 0.25) is 0 Å². The Balaban J connectivity index is 1.91. The van der Waals surface area contributed by atoms with Gasteiger partial charge in [0.05, 0.1) is 10.1 Å². The lowest BCUT2D eigenvalue weighted by atomic mass is 10.1. The third-order valence-corrected chi connectivity index (χ3v) is 7.21. The topological polar surface area (TPSA) is 54.3 Å². The van der Waals surface area contributed by atoms with E-state index in [0.29, 0.717) is 39.5 Å². The summed E-state index contributed by atoms with van der Waals surface area (Å²) in [6.45, 7) is 7.15. The molecule has 5 nitrogen and oxygen atoms in total. The Morgan fingerprint density at radius 3 is 2.59 bits per heavy atom. The molecule has 0 radical (unpaired) electrons. The first-order valence-electron chi connectivity index (χ1n) is 11.1. The van der Waals surface area contributed by atoms with Crippen LogP contribution in [-0.2, 0) is 11.3 Å². The van der Waals surface area contributed by atoms with Crippen molar-refractivity contribution < 1.29 is 13.6 Å². The largest absolute Gasteiger partial charge is 0.321 e. The van der Waals surface area contributed by atoms with Crippen LogP contribution in [0.4, 0.5) is 14.5 Å². The van der Waals surface area contributed by atoms with Crippen molar-refractivity contribution in [1.82, 2.24) is 9.47 Å². The quantitative estimate of drug-likeness (QED) is 0.536. The van der Waals surface area contributed by atoms with Gasteiger partial charge in [-0.3, -0.25) is 14.2 Å². The molecule has 2 heterocycles. The van der Waals surface area contributed by atoms with Gasteiger partial charge in [0.1, 0.15) is 16.3 Å². The molecule has 2 aromatic carbocycles. The molecule has 4 rings (SSSR count). The lowest BCUT2D eigenvalue weighted by Gasteiger charge is -2.17. The van der Waals surface area contributed by atoms with Crippen molar-refractivity contribution in [3.05, 3.63) is 83.7 Å². The molecule has 1 N–H and O–H groups in total. The van der Waals surface area contributed by atoms with Crippen LogP contribution < -0.4 is 20.1 Å². The summed E-state index contributed by atoms with van der Waals surface area (Å²) >= 11 is 7.30. The number of halogens is 3. The average molecular weight is 504 g/mol. The average Bonchev–Trinajstić information content (AvgIpc) is 3.28. The van der Waals surface area contributed by atoms with E-state index in [2.05, 4.69) is 24.1 Å². The number of aromatic nitrogens is 1. The number of amides is 1. The Kier molecular flexibility index (Phi) is 7.30. The predicted molar refractivity (Wildman–Crippen MR) is 133 cm³/mol. The number of nitrogens with zero attached hydrogens (tertiary/aromatic N) is 2. The van der Waals surface area contributed by atoms with Crippen molar-refractivity contribution in [2.24, 2.45) is 0 Å². The number of fused-ring (bicyclic) bond motifs is 1. The maximum absolute atomic E-state index is 14.3. The number of carbonyl (C=O) groups is 1. The molecule has 178 valence electrons. The number of rotatable bonds is 7. The smallest absolute Gasteiger partial charge is 0.269 e. The van der Waals surface area contributed by atoms with E-state index >= 15 is 0 Å². The van der Waals surface area contributed by atoms with E-state index in [-0.39, 0.29) is 21.6 Å². The zero-order valence-corrected chi connectivity index (χ0v) is 20.4. The second-order valence-corrected chi connectivity index (χ2v) is 9.40. The minimum atomic E-state index is -0.758. The molecule has 1 amide bonds. The normalized spacial score (nSPS) is 15.2. The van der Waals surface area contributed by atoms with Gasteiger partial charge in [-0.25, -0.2) is 8.78 Å². The van der Waals surface area contributed by atoms with Gasteiger partial charge in [0, 0.05) is 34.4 Å². The van der Waals surface area contributed by atoms with Gasteiger partial charge in [-0.2, -0.15) is 0 Å². The van der Waals surface area contributed by atoms with Crippen LogP contribution in [0.15, 0.2) is 41.2 Å². The van der Waals surface area contributed by atoms with Gasteiger partial charge in [-0.1, -0.05) is 25.4 Å². The van der Waals surface area contributed by atoms with Crippen LogP contribution in [0.3, 0.4) is 0 Å². The number of nitrogens with one attached hydrogen (secondary N) is 1. The van der Waals surface area contributed by atoms with Crippen molar-refractivity contribution in [2.45, 2.75) is 26.8 Å². The number of anilines is 1. The molecule has 0 unspecified atom stereocenters. The molecule has 0 atom stereocenters. The summed E-state index contributed by atoms with van der Waals surface area (Å²) in [6.07, 6.45) is 2.10. The molecule has 9 heteroatoms. The minimum absolute atomic E-state index is 0.103. The van der Waals surface area contributed by atoms with Crippen molar-refractivity contribution in [3.63, 3.8) is 0 Å². The summed E-state index contributed by atoms with van der Waals surface area (Å²) in [5.74, 6) is -1.77. The fourth-order valence-corrected chi connectivity index (χ4v) is 5.37. The Hall–Kier alpha value is -2.81. The molecule has 0 bridgehead atoms. The molecule has 1 aliphatic heterocycles. The summed E-state index contributed by atoms with van der Waals surface area (Å²) in [4.78, 5) is 28.6. The molecular formula is C25H24ClF2N3O2S. The molecule has 1 aromatic heterocycles. The van der Waals surface area contributed by atoms with Crippen LogP contribution in [0.5, 0.6) is 0 Å². The van der Waals surface area contributed by atoms with Crippen LogP contribution in [0, 0.1) is 11.6 Å². The Morgan fingerprint density at radius 1 is 1.12 bits per heavy atom. The van der Waals surface area contributed by atoms with Crippen molar-refractivity contribution >= 4 is 46.2 Å². The molecule has 0 spiro atoms. The maximum Gasteiger partial charge on any atom is 0.269 e. The minimum Gasteiger partial charge on any atom is -0.321 e. The highest BCUT2D eigenvalue weighted by Gasteiger charge is 2.27. The van der Waals surface area contributed by atoms with Crippen LogP contribution in [0.25, 0.3) is 11.6 Å². The van der Waals surface area contributed by atoms with Crippen LogP contribution in [-0.4, -0.2) is 35.0 Å². The van der Waals surface area contributed by atoms with Gasteiger partial charge in [-0.05, 0) is 62.5 Å². The van der Waals surface area contributed by atoms with Gasteiger partial charge < -0.3 is 10.2 Å². The summed E-state index contributed by atoms with van der Waals surface area (Å²) < 4.78 is 29.9. The lowest BCUT2D eigenvalue weighted by Crippen LogP contribution is -2.34. The van der Waals surface area contributed by atoms with Gasteiger partial charge in [0.25, 0.3) is 11.5 Å². The standard InChI is InChI=1S/C25H24ClF2N3O2S/c1-3-30(4-2)10-5-11-31-24(33)21(12-15-6-8-17(27)14-19(15)28)34-25(31)22-18-13-16(26)7-9-20(18)29-23(22)32/h6-9,12-14H,3-5,10-11H2,1-2H3,(H,29,32)/b21-12?,25-22-. The Labute approximate surface area is 204 Å². The lowest BCUT2D eigenvalue weighted by molar-refractivity contribution is -0.110. The highest BCUT2D eigenvalue weighted by Crippen LogP contribution is 2.32. The van der Waals surface area contributed by atoms with Crippen molar-refractivity contribution in [1.29, 1.82) is 0 Å². The van der Waals surface area contributed by atoms with E-state index in [1.54, 1.807) is 22.8 Å². The number of benzene rings is 2. The van der Waals surface area contributed by atoms with Crippen molar-refractivity contribution in [2.75, 3.05) is 25.0 Å². The first kappa shape index (κ1) is 24.3. The maximum atomic E-state index is 14.3. The van der Waals surface area contributed by atoms with Gasteiger partial charge >= 0.3 is 0 Å². The van der Waals surface area contributed by atoms with E-state index in [1.807, 2.05) is 0 Å². The fraction of sp³-hybridized carbons (Fsp3) is 0.280. The Morgan fingerprint density at radius 2 is 1.88 bits per heavy atom. The van der Waals surface area contributed by atoms with E-state index in [0.717, 1.165) is 43.1 Å². The number of hydrogen-bond acceptors (Lipinski definition) is 4. The molecule has 34 heavy (non-hydrogen) atoms. The molecular weight excluding hydrogens is 480 g/mol. The zero-order valence-electron chi connectivity index (χ0n) is 18.8. The van der Waals surface area contributed by atoms with Crippen molar-refractivity contribution in [3.8, 4) is 0 Å². The van der Waals surface area contributed by atoms with Gasteiger partial charge in [-0.15, -0.1) is 11.3 Å². The molecule has 0 saturated carbocycles. The second-order valence-electron chi connectivity index (χ2n) is 7.94. The monoisotopic (exact) mass is 503 g/mol. The van der Waals surface area contributed by atoms with Crippen LogP contribution in [0.1, 0.15) is 31.4 Å². The predicted octanol–water partition coefficient (Wildman–Crippen LogP) is 3.55. The highest BCUT2D eigenvalue weighted by molar-refractivity contribution is 7.07. The second kappa shape index (κ2) is 10.2. The van der Waals surface area contributed by atoms with E-state index in [1.165, 1.54) is 12.1 Å². The number of hydrogen-bond donors (Lipinski definition) is 1. The molecule has 0 fully saturated rings. The van der Waals surface area contributed by atoms with Crippen LogP contribution in [0.2, 0.25) is 5.02 Å². The molecule has 0 aliphatic carbocycles. The number of thiazole rings is 1. The van der Waals surface area contributed by atoms with Gasteiger partial charge in [0.15, 0.2) is 0 Å². The van der Waals surface area contributed by atoms with E-state index in [9.17, 15) is 18.4 Å². The van der Waals surface area contributed by atoms with Crippen LogP contribution >= 0.6 is 22.9 Å². The SMILES string of the molecule is CCN(CC)CCCn1c(=O)c(=Cc2ccc(F)cc2F)s/c1=C1\C(=O)Nc2ccc(Cl)cc21. The molecule has 0 saturated heterocycles. The summed E-state index contributed by atoms with van der Waals surface area (Å²) in [5.41, 5.74) is 1.39.